The molecule has 1 aliphatic heterocycles. The minimum Gasteiger partial charge on any atom is -0.367 e. The molecule has 7 nitrogen and oxygen atoms in total. The molecule has 1 aliphatic carbocycles. The molecule has 0 bridgehead atoms. The van der Waals surface area contributed by atoms with Crippen molar-refractivity contribution < 1.29 is 9.59 Å². The Morgan fingerprint density at radius 1 is 1.28 bits per heavy atom. The van der Waals surface area contributed by atoms with Crippen LogP contribution < -0.4 is 10.6 Å². The minimum atomic E-state index is -0.360. The zero-order valence-electron chi connectivity index (χ0n) is 15.5. The summed E-state index contributed by atoms with van der Waals surface area (Å²) in [5, 5.41) is 10.9. The van der Waals surface area contributed by atoms with Gasteiger partial charge in [-0.05, 0) is 36.6 Å². The van der Waals surface area contributed by atoms with Crippen LogP contribution in [0.1, 0.15) is 36.1 Å². The van der Waals surface area contributed by atoms with Gasteiger partial charge in [0.05, 0.1) is 18.3 Å². The summed E-state index contributed by atoms with van der Waals surface area (Å²) in [5.74, 6) is 0.218. The summed E-state index contributed by atoms with van der Waals surface area (Å²) in [4.78, 5) is 28.2. The van der Waals surface area contributed by atoms with Crippen molar-refractivity contribution in [3.8, 4) is 0 Å². The molecule has 5 rings (SSSR count). The number of carbonyl (C=O) groups excluding carboxylic acids is 2. The van der Waals surface area contributed by atoms with E-state index in [4.69, 9.17) is 16.6 Å². The Balaban J connectivity index is 1.57. The molecule has 1 saturated heterocycles. The van der Waals surface area contributed by atoms with Crippen molar-refractivity contribution in [2.45, 2.75) is 31.7 Å². The van der Waals surface area contributed by atoms with E-state index in [-0.39, 0.29) is 18.2 Å². The van der Waals surface area contributed by atoms with Gasteiger partial charge in [0.15, 0.2) is 5.65 Å². The number of nitrogens with one attached hydrogen (secondary N) is 2. The first kappa shape index (κ1) is 17.9. The number of imide groups is 1. The monoisotopic (exact) mass is 407 g/mol. The van der Waals surface area contributed by atoms with Gasteiger partial charge in [0.25, 0.3) is 5.91 Å². The number of halogens is 1. The van der Waals surface area contributed by atoms with Crippen LogP contribution in [-0.2, 0) is 16.0 Å². The highest BCUT2D eigenvalue weighted by molar-refractivity contribution is 6.30. The molecule has 1 aromatic carbocycles. The molecule has 0 radical (unpaired) electrons. The second-order valence-corrected chi connectivity index (χ2v) is 7.85. The van der Waals surface area contributed by atoms with Crippen molar-refractivity contribution >= 4 is 41.0 Å². The predicted octanol–water partition coefficient (Wildman–Crippen LogP) is 2.98. The molecule has 2 N–H and O–H groups in total. The van der Waals surface area contributed by atoms with Crippen LogP contribution in [0.15, 0.2) is 42.1 Å². The highest BCUT2D eigenvalue weighted by Crippen LogP contribution is 2.27. The highest BCUT2D eigenvalue weighted by atomic mass is 35.5. The van der Waals surface area contributed by atoms with Crippen molar-refractivity contribution in [1.82, 2.24) is 19.9 Å². The van der Waals surface area contributed by atoms with E-state index in [1.54, 1.807) is 16.8 Å². The number of benzene rings is 1. The molecule has 2 aromatic heterocycles. The molecule has 8 heteroatoms. The van der Waals surface area contributed by atoms with E-state index in [0.29, 0.717) is 34.3 Å². The second-order valence-electron chi connectivity index (χ2n) is 7.42. The van der Waals surface area contributed by atoms with E-state index >= 15 is 0 Å². The van der Waals surface area contributed by atoms with Crippen LogP contribution in [0.2, 0.25) is 5.02 Å². The predicted molar refractivity (Wildman–Crippen MR) is 110 cm³/mol. The number of rotatable bonds is 5. The standard InChI is InChI=1S/C21H18ClN5O2/c22-15-3-1-2-12(6-15)7-17-10-18(24-16-4-5-16)27-20(25-17)14(11-23-27)8-13-9-19(28)26-21(13)29/h1-3,6,8,10-11,16,24H,4-5,7,9H2,(H,26,28,29)/b13-8+. The first-order valence-corrected chi connectivity index (χ1v) is 9.86. The lowest BCUT2D eigenvalue weighted by Crippen LogP contribution is -2.19. The smallest absolute Gasteiger partial charge is 0.254 e. The van der Waals surface area contributed by atoms with Gasteiger partial charge >= 0.3 is 0 Å². The maximum Gasteiger partial charge on any atom is 0.254 e. The lowest BCUT2D eigenvalue weighted by molar-refractivity contribution is -0.124. The molecule has 2 fully saturated rings. The summed E-state index contributed by atoms with van der Waals surface area (Å²) >= 11 is 6.12. The fourth-order valence-electron chi connectivity index (χ4n) is 3.43. The lowest BCUT2D eigenvalue weighted by Gasteiger charge is -2.10. The van der Waals surface area contributed by atoms with Crippen molar-refractivity contribution in [3.63, 3.8) is 0 Å². The van der Waals surface area contributed by atoms with E-state index in [1.807, 2.05) is 30.3 Å². The zero-order chi connectivity index (χ0) is 20.0. The topological polar surface area (TPSA) is 88.4 Å². The number of amides is 2. The third-order valence-corrected chi connectivity index (χ3v) is 5.22. The normalized spacial score (nSPS) is 17.9. The molecule has 2 amide bonds. The van der Waals surface area contributed by atoms with Crippen LogP contribution in [0.5, 0.6) is 0 Å². The van der Waals surface area contributed by atoms with Crippen LogP contribution in [0.3, 0.4) is 0 Å². The number of anilines is 1. The molecule has 3 aromatic rings. The van der Waals surface area contributed by atoms with Crippen molar-refractivity contribution in [3.05, 3.63) is 63.9 Å². The average Bonchev–Trinajstić information content (AvgIpc) is 3.31. The minimum absolute atomic E-state index is 0.0750. The van der Waals surface area contributed by atoms with E-state index in [1.165, 1.54) is 0 Å². The number of hydrogen-bond donors (Lipinski definition) is 2. The molecular weight excluding hydrogens is 390 g/mol. The maximum absolute atomic E-state index is 11.9. The van der Waals surface area contributed by atoms with E-state index in [9.17, 15) is 9.59 Å². The van der Waals surface area contributed by atoms with Gasteiger partial charge in [0.1, 0.15) is 5.82 Å². The summed E-state index contributed by atoms with van der Waals surface area (Å²) in [7, 11) is 0. The zero-order valence-corrected chi connectivity index (χ0v) is 16.2. The Hall–Kier alpha value is -3.19. The van der Waals surface area contributed by atoms with Crippen LogP contribution in [0.4, 0.5) is 5.82 Å². The Bertz CT molecular complexity index is 1180. The number of fused-ring (bicyclic) bond motifs is 1. The molecular formula is C21H18ClN5O2. The quantitative estimate of drug-likeness (QED) is 0.501. The lowest BCUT2D eigenvalue weighted by atomic mass is 10.1. The summed E-state index contributed by atoms with van der Waals surface area (Å²) in [5.41, 5.74) is 3.70. The Labute approximate surface area is 171 Å². The van der Waals surface area contributed by atoms with Crippen LogP contribution in [-0.4, -0.2) is 32.5 Å². The van der Waals surface area contributed by atoms with Gasteiger partial charge in [-0.3, -0.25) is 14.9 Å². The first-order valence-electron chi connectivity index (χ1n) is 9.48. The molecule has 146 valence electrons. The number of nitrogens with zero attached hydrogens (tertiary/aromatic N) is 3. The van der Waals surface area contributed by atoms with Crippen molar-refractivity contribution in [1.29, 1.82) is 0 Å². The van der Waals surface area contributed by atoms with Gasteiger partial charge in [0, 0.05) is 34.7 Å². The molecule has 0 unspecified atom stereocenters. The third-order valence-electron chi connectivity index (χ3n) is 4.98. The fraction of sp³-hybridized carbons (Fsp3) is 0.238. The second kappa shape index (κ2) is 7.00. The summed E-state index contributed by atoms with van der Waals surface area (Å²) in [6, 6.07) is 10.2. The third kappa shape index (κ3) is 3.73. The average molecular weight is 408 g/mol. The van der Waals surface area contributed by atoms with Crippen LogP contribution in [0, 0.1) is 0 Å². The van der Waals surface area contributed by atoms with E-state index in [2.05, 4.69) is 15.7 Å². The first-order chi connectivity index (χ1) is 14.0. The largest absolute Gasteiger partial charge is 0.367 e. The fourth-order valence-corrected chi connectivity index (χ4v) is 3.64. The van der Waals surface area contributed by atoms with E-state index in [0.717, 1.165) is 29.9 Å². The molecule has 2 aliphatic rings. The Morgan fingerprint density at radius 3 is 2.86 bits per heavy atom. The summed E-state index contributed by atoms with van der Waals surface area (Å²) in [6.45, 7) is 0. The van der Waals surface area contributed by atoms with Gasteiger partial charge in [-0.2, -0.15) is 9.61 Å². The van der Waals surface area contributed by atoms with Gasteiger partial charge in [-0.1, -0.05) is 23.7 Å². The van der Waals surface area contributed by atoms with Gasteiger partial charge in [0.2, 0.25) is 5.91 Å². The van der Waals surface area contributed by atoms with E-state index < -0.39 is 0 Å². The van der Waals surface area contributed by atoms with Crippen molar-refractivity contribution in [2.75, 3.05) is 5.32 Å². The number of aromatic nitrogens is 3. The summed E-state index contributed by atoms with van der Waals surface area (Å²) < 4.78 is 1.75. The summed E-state index contributed by atoms with van der Waals surface area (Å²) in [6.07, 6.45) is 6.33. The van der Waals surface area contributed by atoms with Gasteiger partial charge < -0.3 is 5.32 Å². The number of carbonyl (C=O) groups is 2. The maximum atomic E-state index is 11.9. The highest BCUT2D eigenvalue weighted by Gasteiger charge is 2.25. The van der Waals surface area contributed by atoms with Gasteiger partial charge in [-0.25, -0.2) is 4.98 Å². The van der Waals surface area contributed by atoms with Crippen LogP contribution >= 0.6 is 11.6 Å². The Kier molecular flexibility index (Phi) is 4.32. The number of hydrogen-bond acceptors (Lipinski definition) is 5. The SMILES string of the molecule is O=C1C/C(=C\c2cnn3c(NC4CC4)cc(Cc4cccc(Cl)c4)nc23)C(=O)N1. The molecule has 29 heavy (non-hydrogen) atoms. The molecule has 3 heterocycles. The van der Waals surface area contributed by atoms with Gasteiger partial charge in [-0.15, -0.1) is 0 Å². The molecule has 1 saturated carbocycles. The molecule has 0 atom stereocenters. The van der Waals surface area contributed by atoms with Crippen LogP contribution in [0.25, 0.3) is 11.7 Å². The van der Waals surface area contributed by atoms with Crippen molar-refractivity contribution in [2.24, 2.45) is 0 Å². The Morgan fingerprint density at radius 2 is 2.14 bits per heavy atom. The molecule has 0 spiro atoms.